The quantitative estimate of drug-likeness (QED) is 0.833. The summed E-state index contributed by atoms with van der Waals surface area (Å²) in [6, 6.07) is 1.95. The summed E-state index contributed by atoms with van der Waals surface area (Å²) in [6.45, 7) is 7.67. The van der Waals surface area contributed by atoms with Gasteiger partial charge in [0.1, 0.15) is 0 Å². The Kier molecular flexibility index (Phi) is 3.63. The van der Waals surface area contributed by atoms with Crippen molar-refractivity contribution in [3.05, 3.63) is 29.7 Å². The Morgan fingerprint density at radius 1 is 1.44 bits per heavy atom. The van der Waals surface area contributed by atoms with Crippen molar-refractivity contribution >= 4 is 5.65 Å². The third-order valence-corrected chi connectivity index (χ3v) is 2.85. The predicted octanol–water partition coefficient (Wildman–Crippen LogP) is 1.15. The molecule has 5 heteroatoms. The van der Waals surface area contributed by atoms with Crippen LogP contribution in [0.3, 0.4) is 0 Å². The molecular formula is C13H20N4O. The highest BCUT2D eigenvalue weighted by Crippen LogP contribution is 2.11. The normalized spacial score (nSPS) is 12.2. The number of nitrogens with one attached hydrogen (secondary N) is 1. The lowest BCUT2D eigenvalue weighted by Gasteiger charge is -2.21. The van der Waals surface area contributed by atoms with Gasteiger partial charge in [-0.05, 0) is 6.92 Å². The van der Waals surface area contributed by atoms with Crippen LogP contribution in [0.5, 0.6) is 0 Å². The van der Waals surface area contributed by atoms with E-state index < -0.39 is 0 Å². The fourth-order valence-corrected chi connectivity index (χ4v) is 1.73. The van der Waals surface area contributed by atoms with Gasteiger partial charge in [0.15, 0.2) is 5.65 Å². The van der Waals surface area contributed by atoms with E-state index in [1.807, 2.05) is 39.2 Å². The summed E-state index contributed by atoms with van der Waals surface area (Å²) >= 11 is 0. The van der Waals surface area contributed by atoms with Gasteiger partial charge < -0.3 is 10.4 Å². The number of hydrogen-bond donors (Lipinski definition) is 2. The third kappa shape index (κ3) is 3.05. The van der Waals surface area contributed by atoms with Gasteiger partial charge in [0, 0.05) is 49.1 Å². The number of hydrogen-bond acceptors (Lipinski definition) is 4. The van der Waals surface area contributed by atoms with Gasteiger partial charge in [-0.2, -0.15) is 5.10 Å². The number of aliphatic hydroxyl groups is 1. The van der Waals surface area contributed by atoms with Crippen molar-refractivity contribution in [1.82, 2.24) is 19.9 Å². The van der Waals surface area contributed by atoms with Crippen molar-refractivity contribution < 1.29 is 5.11 Å². The Bertz CT molecular complexity index is 533. The Balaban J connectivity index is 1.99. The number of rotatable bonds is 5. The largest absolute Gasteiger partial charge is 0.396 e. The van der Waals surface area contributed by atoms with Gasteiger partial charge in [-0.3, -0.25) is 0 Å². The fourth-order valence-electron chi connectivity index (χ4n) is 1.73. The Morgan fingerprint density at radius 3 is 2.94 bits per heavy atom. The molecule has 2 N–H and O–H groups in total. The summed E-state index contributed by atoms with van der Waals surface area (Å²) in [5, 5.41) is 16.8. The second kappa shape index (κ2) is 5.04. The molecule has 18 heavy (non-hydrogen) atoms. The lowest BCUT2D eigenvalue weighted by atomic mass is 9.95. The van der Waals surface area contributed by atoms with Crippen LogP contribution < -0.4 is 5.32 Å². The Morgan fingerprint density at radius 2 is 2.22 bits per heavy atom. The molecule has 0 aliphatic carbocycles. The molecule has 5 nitrogen and oxygen atoms in total. The first-order chi connectivity index (χ1) is 8.50. The molecule has 0 aliphatic rings. The Labute approximate surface area is 107 Å². The van der Waals surface area contributed by atoms with E-state index >= 15 is 0 Å². The van der Waals surface area contributed by atoms with Crippen LogP contribution in [0.2, 0.25) is 0 Å². The lowest BCUT2D eigenvalue weighted by molar-refractivity contribution is 0.156. The van der Waals surface area contributed by atoms with Crippen LogP contribution in [-0.4, -0.2) is 32.9 Å². The van der Waals surface area contributed by atoms with Crippen LogP contribution in [0.15, 0.2) is 18.5 Å². The molecule has 2 heterocycles. The maximum absolute atomic E-state index is 9.17. The van der Waals surface area contributed by atoms with Crippen LogP contribution in [0.25, 0.3) is 5.65 Å². The van der Waals surface area contributed by atoms with Gasteiger partial charge in [0.05, 0.1) is 5.69 Å². The molecule has 0 atom stereocenters. The summed E-state index contributed by atoms with van der Waals surface area (Å²) in [4.78, 5) is 4.35. The van der Waals surface area contributed by atoms with E-state index in [-0.39, 0.29) is 12.0 Å². The first kappa shape index (κ1) is 13.0. The fraction of sp³-hybridized carbons (Fsp3) is 0.538. The Hall–Kier alpha value is -1.46. The van der Waals surface area contributed by atoms with Crippen LogP contribution in [0, 0.1) is 12.3 Å². The minimum Gasteiger partial charge on any atom is -0.396 e. The summed E-state index contributed by atoms with van der Waals surface area (Å²) < 4.78 is 1.80. The van der Waals surface area contributed by atoms with Crippen LogP contribution in [0.1, 0.15) is 25.1 Å². The van der Waals surface area contributed by atoms with Gasteiger partial charge in [-0.15, -0.1) is 0 Å². The molecule has 0 aromatic carbocycles. The van der Waals surface area contributed by atoms with Gasteiger partial charge in [-0.25, -0.2) is 9.50 Å². The summed E-state index contributed by atoms with van der Waals surface area (Å²) in [7, 11) is 0. The predicted molar refractivity (Wildman–Crippen MR) is 70.3 cm³/mol. The highest BCUT2D eigenvalue weighted by atomic mass is 16.3. The number of aliphatic hydroxyl groups excluding tert-OH is 1. The monoisotopic (exact) mass is 248 g/mol. The second-order valence-corrected chi connectivity index (χ2v) is 5.48. The standard InChI is InChI=1S/C13H20N4O/c1-10-4-12-15-6-11(7-17(12)16-10)5-14-8-13(2,3)9-18/h4,6-7,14,18H,5,8-9H2,1-3H3. The topological polar surface area (TPSA) is 62.5 Å². The number of aryl methyl sites for hydroxylation is 1. The molecule has 0 fully saturated rings. The van der Waals surface area contributed by atoms with Crippen molar-refractivity contribution in [3.8, 4) is 0 Å². The molecule has 2 aromatic rings. The van der Waals surface area contributed by atoms with E-state index in [1.165, 1.54) is 0 Å². The summed E-state index contributed by atoms with van der Waals surface area (Å²) in [6.07, 6.45) is 3.84. The molecule has 2 aromatic heterocycles. The zero-order valence-electron chi connectivity index (χ0n) is 11.1. The highest BCUT2D eigenvalue weighted by molar-refractivity contribution is 5.38. The smallest absolute Gasteiger partial charge is 0.155 e. The molecular weight excluding hydrogens is 228 g/mol. The molecule has 0 radical (unpaired) electrons. The zero-order chi connectivity index (χ0) is 13.2. The molecule has 0 aliphatic heterocycles. The molecule has 2 rings (SSSR count). The third-order valence-electron chi connectivity index (χ3n) is 2.85. The number of nitrogens with zero attached hydrogens (tertiary/aromatic N) is 3. The van der Waals surface area contributed by atoms with E-state index in [4.69, 9.17) is 5.11 Å². The van der Waals surface area contributed by atoms with Gasteiger partial charge in [0.25, 0.3) is 0 Å². The van der Waals surface area contributed by atoms with Crippen LogP contribution in [-0.2, 0) is 6.54 Å². The maximum Gasteiger partial charge on any atom is 0.155 e. The molecule has 98 valence electrons. The van der Waals surface area contributed by atoms with E-state index in [9.17, 15) is 0 Å². The lowest BCUT2D eigenvalue weighted by Crippen LogP contribution is -2.31. The van der Waals surface area contributed by atoms with Gasteiger partial charge in [-0.1, -0.05) is 13.8 Å². The van der Waals surface area contributed by atoms with Crippen molar-refractivity contribution in [2.24, 2.45) is 5.41 Å². The summed E-state index contributed by atoms with van der Waals surface area (Å²) in [5.41, 5.74) is 2.82. The minimum absolute atomic E-state index is 0.0974. The van der Waals surface area contributed by atoms with Crippen molar-refractivity contribution in [1.29, 1.82) is 0 Å². The van der Waals surface area contributed by atoms with E-state index in [0.29, 0.717) is 0 Å². The average molecular weight is 248 g/mol. The van der Waals surface area contributed by atoms with E-state index in [0.717, 1.165) is 30.0 Å². The van der Waals surface area contributed by atoms with Crippen molar-refractivity contribution in [2.75, 3.05) is 13.2 Å². The van der Waals surface area contributed by atoms with Crippen LogP contribution >= 0.6 is 0 Å². The average Bonchev–Trinajstić information content (AvgIpc) is 2.68. The highest BCUT2D eigenvalue weighted by Gasteiger charge is 2.15. The van der Waals surface area contributed by atoms with Crippen molar-refractivity contribution in [3.63, 3.8) is 0 Å². The second-order valence-electron chi connectivity index (χ2n) is 5.48. The van der Waals surface area contributed by atoms with E-state index in [1.54, 1.807) is 4.52 Å². The van der Waals surface area contributed by atoms with E-state index in [2.05, 4.69) is 15.4 Å². The minimum atomic E-state index is -0.0974. The molecule has 0 saturated carbocycles. The van der Waals surface area contributed by atoms with Crippen LogP contribution in [0.4, 0.5) is 0 Å². The molecule has 0 unspecified atom stereocenters. The van der Waals surface area contributed by atoms with Gasteiger partial charge >= 0.3 is 0 Å². The SMILES string of the molecule is Cc1cc2ncc(CNCC(C)(C)CO)cn2n1. The van der Waals surface area contributed by atoms with Crippen molar-refractivity contribution in [2.45, 2.75) is 27.3 Å². The first-order valence-corrected chi connectivity index (χ1v) is 6.13. The molecule has 0 amide bonds. The number of fused-ring (bicyclic) bond motifs is 1. The summed E-state index contributed by atoms with van der Waals surface area (Å²) in [5.74, 6) is 0. The zero-order valence-corrected chi connectivity index (χ0v) is 11.1. The molecule has 0 spiro atoms. The van der Waals surface area contributed by atoms with Gasteiger partial charge in [0.2, 0.25) is 0 Å². The molecule has 0 saturated heterocycles. The maximum atomic E-state index is 9.17. The first-order valence-electron chi connectivity index (χ1n) is 6.13. The number of aromatic nitrogens is 3. The molecule has 0 bridgehead atoms.